The van der Waals surface area contributed by atoms with Gasteiger partial charge in [0, 0.05) is 17.3 Å². The molecule has 0 unspecified atom stereocenters. The van der Waals surface area contributed by atoms with Crippen LogP contribution in [0.25, 0.3) is 0 Å². The van der Waals surface area contributed by atoms with Gasteiger partial charge in [0.15, 0.2) is 9.84 Å². The topological polar surface area (TPSA) is 63.2 Å². The van der Waals surface area contributed by atoms with Crippen LogP contribution in [-0.2, 0) is 26.6 Å². The van der Waals surface area contributed by atoms with Crippen LogP contribution in [0.2, 0.25) is 0 Å². The van der Waals surface area contributed by atoms with Crippen LogP contribution in [0, 0.1) is 0 Å². The first-order valence-electron chi connectivity index (χ1n) is 7.65. The Labute approximate surface area is 150 Å². The SMILES string of the molecule is CS(=O)(=O)c1ccc(CNC(=O)C2(c3cccc(Br)c3)CC2)cc1. The molecule has 0 saturated heterocycles. The zero-order valence-corrected chi connectivity index (χ0v) is 15.7. The van der Waals surface area contributed by atoms with Crippen LogP contribution in [0.5, 0.6) is 0 Å². The molecular formula is C18H18BrNO3S. The first-order chi connectivity index (χ1) is 11.3. The van der Waals surface area contributed by atoms with Crippen molar-refractivity contribution in [1.29, 1.82) is 0 Å². The Balaban J connectivity index is 1.68. The minimum Gasteiger partial charge on any atom is -0.351 e. The monoisotopic (exact) mass is 407 g/mol. The molecule has 0 bridgehead atoms. The highest BCUT2D eigenvalue weighted by molar-refractivity contribution is 9.10. The number of nitrogens with one attached hydrogen (secondary N) is 1. The second-order valence-electron chi connectivity index (χ2n) is 6.19. The van der Waals surface area contributed by atoms with Crippen molar-refractivity contribution >= 4 is 31.7 Å². The summed E-state index contributed by atoms with van der Waals surface area (Å²) in [4.78, 5) is 12.9. The molecule has 1 fully saturated rings. The summed E-state index contributed by atoms with van der Waals surface area (Å²) in [6.45, 7) is 0.388. The van der Waals surface area contributed by atoms with Crippen molar-refractivity contribution in [2.24, 2.45) is 0 Å². The summed E-state index contributed by atoms with van der Waals surface area (Å²) in [5.74, 6) is 0.0211. The molecule has 0 spiro atoms. The lowest BCUT2D eigenvalue weighted by Gasteiger charge is -2.16. The Hall–Kier alpha value is -1.66. The van der Waals surface area contributed by atoms with Gasteiger partial charge in [-0.25, -0.2) is 8.42 Å². The number of sulfone groups is 1. The van der Waals surface area contributed by atoms with Crippen molar-refractivity contribution in [2.45, 2.75) is 29.7 Å². The smallest absolute Gasteiger partial charge is 0.230 e. The third-order valence-electron chi connectivity index (χ3n) is 4.37. The van der Waals surface area contributed by atoms with Gasteiger partial charge in [-0.2, -0.15) is 0 Å². The fourth-order valence-electron chi connectivity index (χ4n) is 2.76. The highest BCUT2D eigenvalue weighted by Gasteiger charge is 2.51. The molecule has 24 heavy (non-hydrogen) atoms. The Kier molecular flexibility index (Phi) is 4.53. The molecule has 4 nitrogen and oxygen atoms in total. The van der Waals surface area contributed by atoms with Crippen molar-refractivity contribution < 1.29 is 13.2 Å². The molecule has 0 aromatic heterocycles. The predicted octanol–water partition coefficient (Wildman–Crippen LogP) is 3.20. The summed E-state index contributed by atoms with van der Waals surface area (Å²) in [6, 6.07) is 14.5. The molecule has 2 aromatic rings. The first-order valence-corrected chi connectivity index (χ1v) is 10.3. The molecular weight excluding hydrogens is 390 g/mol. The molecule has 0 atom stereocenters. The lowest BCUT2D eigenvalue weighted by molar-refractivity contribution is -0.123. The summed E-state index contributed by atoms with van der Waals surface area (Å²) >= 11 is 3.45. The van der Waals surface area contributed by atoms with Gasteiger partial charge in [0.05, 0.1) is 10.3 Å². The molecule has 0 aliphatic heterocycles. The van der Waals surface area contributed by atoms with E-state index in [4.69, 9.17) is 0 Å². The van der Waals surface area contributed by atoms with Crippen molar-refractivity contribution in [1.82, 2.24) is 5.32 Å². The number of hydrogen-bond acceptors (Lipinski definition) is 3. The number of carbonyl (C=O) groups excluding carboxylic acids is 1. The minimum atomic E-state index is -3.20. The third kappa shape index (κ3) is 3.54. The van der Waals surface area contributed by atoms with E-state index in [9.17, 15) is 13.2 Å². The van der Waals surface area contributed by atoms with Gasteiger partial charge in [0.25, 0.3) is 0 Å². The van der Waals surface area contributed by atoms with Gasteiger partial charge in [-0.15, -0.1) is 0 Å². The van der Waals surface area contributed by atoms with Crippen molar-refractivity contribution in [3.8, 4) is 0 Å². The predicted molar refractivity (Wildman–Crippen MR) is 96.5 cm³/mol. The quantitative estimate of drug-likeness (QED) is 0.827. The van der Waals surface area contributed by atoms with E-state index in [0.717, 1.165) is 28.4 Å². The summed E-state index contributed by atoms with van der Waals surface area (Å²) in [5.41, 5.74) is 1.49. The van der Waals surface area contributed by atoms with Gasteiger partial charge in [0.2, 0.25) is 5.91 Å². The van der Waals surface area contributed by atoms with Crippen LogP contribution in [0.3, 0.4) is 0 Å². The van der Waals surface area contributed by atoms with Gasteiger partial charge in [-0.05, 0) is 48.2 Å². The molecule has 0 radical (unpaired) electrons. The molecule has 6 heteroatoms. The Morgan fingerprint density at radius 1 is 1.17 bits per heavy atom. The maximum Gasteiger partial charge on any atom is 0.230 e. The van der Waals surface area contributed by atoms with Gasteiger partial charge in [0.1, 0.15) is 0 Å². The first kappa shape index (κ1) is 17.2. The van der Waals surface area contributed by atoms with E-state index in [-0.39, 0.29) is 10.8 Å². The molecule has 3 rings (SSSR count). The molecule has 1 aliphatic rings. The van der Waals surface area contributed by atoms with E-state index in [0.29, 0.717) is 6.54 Å². The van der Waals surface area contributed by atoms with E-state index in [1.807, 2.05) is 24.3 Å². The van der Waals surface area contributed by atoms with Crippen LogP contribution in [0.1, 0.15) is 24.0 Å². The molecule has 1 aliphatic carbocycles. The molecule has 0 heterocycles. The van der Waals surface area contributed by atoms with Crippen molar-refractivity contribution in [3.63, 3.8) is 0 Å². The van der Waals surface area contributed by atoms with Crippen LogP contribution in [-0.4, -0.2) is 20.6 Å². The van der Waals surface area contributed by atoms with Gasteiger partial charge in [-0.1, -0.05) is 40.2 Å². The molecule has 1 saturated carbocycles. The van der Waals surface area contributed by atoms with Crippen LogP contribution >= 0.6 is 15.9 Å². The largest absolute Gasteiger partial charge is 0.351 e. The van der Waals surface area contributed by atoms with E-state index < -0.39 is 15.3 Å². The second kappa shape index (κ2) is 6.33. The maximum atomic E-state index is 12.6. The van der Waals surface area contributed by atoms with E-state index in [1.54, 1.807) is 24.3 Å². The summed E-state index contributed by atoms with van der Waals surface area (Å²) in [7, 11) is -3.20. The minimum absolute atomic E-state index is 0.0211. The van der Waals surface area contributed by atoms with E-state index >= 15 is 0 Å². The van der Waals surface area contributed by atoms with E-state index in [1.165, 1.54) is 6.26 Å². The van der Waals surface area contributed by atoms with Crippen molar-refractivity contribution in [3.05, 3.63) is 64.1 Å². The number of carbonyl (C=O) groups is 1. The number of benzene rings is 2. The highest BCUT2D eigenvalue weighted by Crippen LogP contribution is 2.48. The van der Waals surface area contributed by atoms with Crippen LogP contribution in [0.4, 0.5) is 0 Å². The van der Waals surface area contributed by atoms with Crippen LogP contribution in [0.15, 0.2) is 57.9 Å². The zero-order chi connectivity index (χ0) is 17.4. The van der Waals surface area contributed by atoms with Crippen LogP contribution < -0.4 is 5.32 Å². The molecule has 2 aromatic carbocycles. The lowest BCUT2D eigenvalue weighted by atomic mass is 9.95. The summed E-state index contributed by atoms with van der Waals surface area (Å²) in [6.07, 6.45) is 2.88. The third-order valence-corrected chi connectivity index (χ3v) is 5.99. The maximum absolute atomic E-state index is 12.6. The van der Waals surface area contributed by atoms with Gasteiger partial charge < -0.3 is 5.32 Å². The standard InChI is InChI=1S/C18H18BrNO3S/c1-24(22,23)16-7-5-13(6-8-16)12-20-17(21)18(9-10-18)14-3-2-4-15(19)11-14/h2-8,11H,9-10,12H2,1H3,(H,20,21). The van der Waals surface area contributed by atoms with Gasteiger partial charge >= 0.3 is 0 Å². The normalized spacial score (nSPS) is 15.8. The number of amides is 1. The Morgan fingerprint density at radius 2 is 1.83 bits per heavy atom. The highest BCUT2D eigenvalue weighted by atomic mass is 79.9. The number of rotatable bonds is 5. The Morgan fingerprint density at radius 3 is 2.38 bits per heavy atom. The fraction of sp³-hybridized carbons (Fsp3) is 0.278. The average Bonchev–Trinajstić information content (AvgIpc) is 3.34. The zero-order valence-electron chi connectivity index (χ0n) is 13.3. The number of hydrogen-bond donors (Lipinski definition) is 1. The molecule has 126 valence electrons. The summed E-state index contributed by atoms with van der Waals surface area (Å²) in [5, 5.41) is 2.97. The second-order valence-corrected chi connectivity index (χ2v) is 9.12. The lowest BCUT2D eigenvalue weighted by Crippen LogP contribution is -2.34. The fourth-order valence-corrected chi connectivity index (χ4v) is 3.79. The van der Waals surface area contributed by atoms with E-state index in [2.05, 4.69) is 21.2 Å². The van der Waals surface area contributed by atoms with Gasteiger partial charge in [-0.3, -0.25) is 4.79 Å². The summed E-state index contributed by atoms with van der Waals surface area (Å²) < 4.78 is 23.9. The average molecular weight is 408 g/mol. The molecule has 1 amide bonds. The van der Waals surface area contributed by atoms with Crippen molar-refractivity contribution in [2.75, 3.05) is 6.26 Å². The Bertz CT molecular complexity index is 871. The number of halogens is 1. The molecule has 1 N–H and O–H groups in total.